The number of imide groups is 1. The summed E-state index contributed by atoms with van der Waals surface area (Å²) in [6.45, 7) is 0.275. The summed E-state index contributed by atoms with van der Waals surface area (Å²) in [6, 6.07) is 7.27. The van der Waals surface area contributed by atoms with Crippen molar-refractivity contribution in [3.8, 4) is 0 Å². The number of hydrogen-bond donors (Lipinski definition) is 1. The molecule has 1 aliphatic rings. The van der Waals surface area contributed by atoms with Gasteiger partial charge >= 0.3 is 0 Å². The molecule has 1 aromatic rings. The smallest absolute Gasteiger partial charge is 0.288 e. The van der Waals surface area contributed by atoms with Gasteiger partial charge in [-0.25, -0.2) is 0 Å². The van der Waals surface area contributed by atoms with Crippen molar-refractivity contribution < 1.29 is 9.59 Å². The van der Waals surface area contributed by atoms with E-state index in [0.717, 1.165) is 5.56 Å². The van der Waals surface area contributed by atoms with Crippen LogP contribution in [0.2, 0.25) is 0 Å². The topological polar surface area (TPSA) is 63.4 Å². The van der Waals surface area contributed by atoms with Crippen LogP contribution < -0.4 is 5.73 Å². The fourth-order valence-corrected chi connectivity index (χ4v) is 2.32. The second-order valence-corrected chi connectivity index (χ2v) is 4.59. The highest BCUT2D eigenvalue weighted by atomic mass is 32.2. The molecule has 1 fully saturated rings. The highest BCUT2D eigenvalue weighted by molar-refractivity contribution is 8.13. The quantitative estimate of drug-likeness (QED) is 0.796. The molecule has 1 heterocycles. The average molecular weight is 236 g/mol. The van der Waals surface area contributed by atoms with Crippen molar-refractivity contribution >= 4 is 28.6 Å². The SMILES string of the molecule is Nc1ccccc1CN1C(=O)CCSC1=O. The van der Waals surface area contributed by atoms with Crippen molar-refractivity contribution in [1.29, 1.82) is 0 Å². The van der Waals surface area contributed by atoms with Gasteiger partial charge in [-0.1, -0.05) is 30.0 Å². The van der Waals surface area contributed by atoms with E-state index in [9.17, 15) is 9.59 Å². The third-order valence-corrected chi connectivity index (χ3v) is 3.32. The molecular weight excluding hydrogens is 224 g/mol. The Morgan fingerprint density at radius 2 is 2.06 bits per heavy atom. The van der Waals surface area contributed by atoms with Gasteiger partial charge < -0.3 is 5.73 Å². The van der Waals surface area contributed by atoms with Crippen molar-refractivity contribution in [1.82, 2.24) is 4.90 Å². The van der Waals surface area contributed by atoms with Crippen molar-refractivity contribution in [2.75, 3.05) is 11.5 Å². The Morgan fingerprint density at radius 1 is 1.31 bits per heavy atom. The minimum atomic E-state index is -0.181. The number of nitrogens with zero attached hydrogens (tertiary/aromatic N) is 1. The monoisotopic (exact) mass is 236 g/mol. The molecule has 2 rings (SSSR count). The summed E-state index contributed by atoms with van der Waals surface area (Å²) in [4.78, 5) is 24.4. The number of carbonyl (C=O) groups is 2. The molecule has 2 amide bonds. The number of amides is 2. The molecule has 4 nitrogen and oxygen atoms in total. The van der Waals surface area contributed by atoms with E-state index >= 15 is 0 Å². The number of benzene rings is 1. The summed E-state index contributed by atoms with van der Waals surface area (Å²) in [5, 5.41) is -0.181. The van der Waals surface area contributed by atoms with Gasteiger partial charge in [-0.05, 0) is 11.6 Å². The van der Waals surface area contributed by atoms with Gasteiger partial charge in [0.2, 0.25) is 5.91 Å². The van der Waals surface area contributed by atoms with E-state index in [2.05, 4.69) is 0 Å². The lowest BCUT2D eigenvalue weighted by Crippen LogP contribution is -2.37. The maximum atomic E-state index is 11.6. The Morgan fingerprint density at radius 3 is 2.75 bits per heavy atom. The van der Waals surface area contributed by atoms with Gasteiger partial charge in [0.05, 0.1) is 6.54 Å². The van der Waals surface area contributed by atoms with Gasteiger partial charge in [-0.2, -0.15) is 0 Å². The molecular formula is C11H12N2O2S. The molecule has 0 unspecified atom stereocenters. The third kappa shape index (κ3) is 2.19. The molecule has 0 aliphatic carbocycles. The zero-order valence-electron chi connectivity index (χ0n) is 8.68. The second-order valence-electron chi connectivity index (χ2n) is 3.54. The number of thioether (sulfide) groups is 1. The molecule has 0 spiro atoms. The predicted octanol–water partition coefficient (Wildman–Crippen LogP) is 1.85. The minimum Gasteiger partial charge on any atom is -0.398 e. The fraction of sp³-hybridized carbons (Fsp3) is 0.273. The van der Waals surface area contributed by atoms with E-state index in [1.54, 1.807) is 6.07 Å². The fourth-order valence-electron chi connectivity index (χ4n) is 1.54. The molecule has 1 saturated heterocycles. The summed E-state index contributed by atoms with van der Waals surface area (Å²) >= 11 is 1.18. The molecule has 0 bridgehead atoms. The van der Waals surface area contributed by atoms with Gasteiger partial charge in [0.25, 0.3) is 5.24 Å². The first-order valence-electron chi connectivity index (χ1n) is 4.99. The van der Waals surface area contributed by atoms with Crippen LogP contribution in [0, 0.1) is 0 Å². The Labute approximate surface area is 97.8 Å². The zero-order chi connectivity index (χ0) is 11.5. The van der Waals surface area contributed by atoms with Crippen LogP contribution >= 0.6 is 11.8 Å². The minimum absolute atomic E-state index is 0.119. The van der Waals surface area contributed by atoms with Crippen LogP contribution in [0.4, 0.5) is 10.5 Å². The van der Waals surface area contributed by atoms with E-state index in [4.69, 9.17) is 5.73 Å². The van der Waals surface area contributed by atoms with E-state index < -0.39 is 0 Å². The average Bonchev–Trinajstić information content (AvgIpc) is 2.26. The lowest BCUT2D eigenvalue weighted by Gasteiger charge is -2.24. The lowest BCUT2D eigenvalue weighted by atomic mass is 10.1. The number of anilines is 1. The molecule has 5 heteroatoms. The Bertz CT molecular complexity index is 418. The Kier molecular flexibility index (Phi) is 3.14. The van der Waals surface area contributed by atoms with Gasteiger partial charge in [-0.15, -0.1) is 0 Å². The highest BCUT2D eigenvalue weighted by Gasteiger charge is 2.26. The third-order valence-electron chi connectivity index (χ3n) is 2.45. The number of nitrogens with two attached hydrogens (primary N) is 1. The number of hydrogen-bond acceptors (Lipinski definition) is 4. The number of nitrogen functional groups attached to an aromatic ring is 1. The predicted molar refractivity (Wildman–Crippen MR) is 63.9 cm³/mol. The van der Waals surface area contributed by atoms with E-state index in [0.29, 0.717) is 17.9 Å². The molecule has 2 N–H and O–H groups in total. The molecule has 16 heavy (non-hydrogen) atoms. The summed E-state index contributed by atoms with van der Waals surface area (Å²) < 4.78 is 0. The van der Waals surface area contributed by atoms with Crippen molar-refractivity contribution in [2.24, 2.45) is 0 Å². The maximum absolute atomic E-state index is 11.6. The second kappa shape index (κ2) is 4.57. The summed E-state index contributed by atoms with van der Waals surface area (Å²) in [7, 11) is 0. The molecule has 0 saturated carbocycles. The van der Waals surface area contributed by atoms with Crippen LogP contribution in [-0.4, -0.2) is 21.8 Å². The molecule has 0 atom stereocenters. The molecule has 0 radical (unpaired) electrons. The highest BCUT2D eigenvalue weighted by Crippen LogP contribution is 2.22. The van der Waals surface area contributed by atoms with E-state index in [1.807, 2.05) is 18.2 Å². The number of para-hydroxylation sites is 1. The van der Waals surface area contributed by atoms with Gasteiger partial charge in [0.15, 0.2) is 0 Å². The first kappa shape index (κ1) is 11.0. The summed E-state index contributed by atoms with van der Waals surface area (Å²) in [5.41, 5.74) is 7.19. The normalized spacial score (nSPS) is 16.6. The van der Waals surface area contributed by atoms with Crippen molar-refractivity contribution in [3.05, 3.63) is 29.8 Å². The van der Waals surface area contributed by atoms with Gasteiger partial charge in [0.1, 0.15) is 0 Å². The maximum Gasteiger partial charge on any atom is 0.288 e. The Hall–Kier alpha value is -1.49. The summed E-state index contributed by atoms with van der Waals surface area (Å²) in [6.07, 6.45) is 0.420. The van der Waals surface area contributed by atoms with Crippen LogP contribution in [-0.2, 0) is 11.3 Å². The summed E-state index contributed by atoms with van der Waals surface area (Å²) in [5.74, 6) is 0.463. The van der Waals surface area contributed by atoms with E-state index in [1.165, 1.54) is 16.7 Å². The van der Waals surface area contributed by atoms with Crippen LogP contribution in [0.3, 0.4) is 0 Å². The van der Waals surface area contributed by atoms with Crippen LogP contribution in [0.5, 0.6) is 0 Å². The largest absolute Gasteiger partial charge is 0.398 e. The molecule has 1 aromatic carbocycles. The first-order valence-corrected chi connectivity index (χ1v) is 5.97. The van der Waals surface area contributed by atoms with Crippen LogP contribution in [0.1, 0.15) is 12.0 Å². The van der Waals surface area contributed by atoms with Gasteiger partial charge in [0, 0.05) is 17.9 Å². The number of rotatable bonds is 2. The molecule has 1 aliphatic heterocycles. The lowest BCUT2D eigenvalue weighted by molar-refractivity contribution is -0.128. The first-order chi connectivity index (χ1) is 7.68. The van der Waals surface area contributed by atoms with E-state index in [-0.39, 0.29) is 17.7 Å². The zero-order valence-corrected chi connectivity index (χ0v) is 9.50. The molecule has 0 aromatic heterocycles. The van der Waals surface area contributed by atoms with Crippen molar-refractivity contribution in [2.45, 2.75) is 13.0 Å². The van der Waals surface area contributed by atoms with Crippen LogP contribution in [0.25, 0.3) is 0 Å². The molecule has 84 valence electrons. The standard InChI is InChI=1S/C11H12N2O2S/c12-9-4-2-1-3-8(9)7-13-10(14)5-6-16-11(13)15/h1-4H,5-7,12H2. The number of carbonyl (C=O) groups excluding carboxylic acids is 2. The van der Waals surface area contributed by atoms with Crippen LogP contribution in [0.15, 0.2) is 24.3 Å². The van der Waals surface area contributed by atoms with Gasteiger partial charge in [-0.3, -0.25) is 14.5 Å². The Balaban J connectivity index is 2.17. The van der Waals surface area contributed by atoms with Crippen molar-refractivity contribution in [3.63, 3.8) is 0 Å².